The van der Waals surface area contributed by atoms with Crippen LogP contribution in [0.3, 0.4) is 0 Å². The summed E-state index contributed by atoms with van der Waals surface area (Å²) in [7, 11) is 0. The molecular weight excluding hydrogens is 1600 g/mol. The zero-order valence-electron chi connectivity index (χ0n) is 66.0. The second kappa shape index (κ2) is 38.2. The average molecular weight is 1690 g/mol. The van der Waals surface area contributed by atoms with Gasteiger partial charge in [-0.1, -0.05) is 251 Å². The third kappa shape index (κ3) is 16.4. The molecular formula is C98H92Cl4N4O6S4. The van der Waals surface area contributed by atoms with Crippen molar-refractivity contribution in [2.75, 3.05) is 26.4 Å². The molecule has 4 aliphatic carbocycles. The van der Waals surface area contributed by atoms with Gasteiger partial charge >= 0.3 is 0 Å². The summed E-state index contributed by atoms with van der Waals surface area (Å²) >= 11 is 33.4. The number of carbonyl (C=O) groups excluding carboxylic acids is 2. The molecule has 592 valence electrons. The number of halogens is 4. The molecule has 0 saturated heterocycles. The van der Waals surface area contributed by atoms with Gasteiger partial charge in [-0.25, -0.2) is 0 Å². The number of carbonyl (C=O) groups is 2. The number of Topliss-reactive ketones (excluding diaryl/α,β-unsaturated/α-hetero) is 2. The Balaban J connectivity index is 1.02. The lowest BCUT2D eigenvalue weighted by atomic mass is 9.70. The quantitative estimate of drug-likeness (QED) is 0.0206. The highest BCUT2D eigenvalue weighted by Gasteiger charge is 2.56. The van der Waals surface area contributed by atoms with Crippen LogP contribution in [0.2, 0.25) is 20.1 Å². The third-order valence-corrected chi connectivity index (χ3v) is 29.3. The Morgan fingerprint density at radius 1 is 0.345 bits per heavy atom. The smallest absolute Gasteiger partial charge is 0.194 e. The van der Waals surface area contributed by atoms with E-state index in [0.717, 1.165) is 183 Å². The van der Waals surface area contributed by atoms with Gasteiger partial charge in [-0.05, 0) is 156 Å². The van der Waals surface area contributed by atoms with Crippen LogP contribution in [0.5, 0.6) is 23.0 Å². The molecule has 0 saturated carbocycles. The van der Waals surface area contributed by atoms with Crippen molar-refractivity contribution in [2.45, 2.75) is 193 Å². The Morgan fingerprint density at radius 3 is 0.871 bits per heavy atom. The van der Waals surface area contributed by atoms with Crippen molar-refractivity contribution in [2.24, 2.45) is 0 Å². The molecule has 0 bridgehead atoms. The van der Waals surface area contributed by atoms with E-state index in [2.05, 4.69) is 161 Å². The monoisotopic (exact) mass is 1690 g/mol. The minimum absolute atomic E-state index is 0.179. The SMILES string of the molecule is CCCCCCCCOc1ccc(C2(c3ccc(OCCCCCCCC)cc3)c3sc(/C=C4\C(=O)c5cc(Cl)c(Cl)cc5C4=C(C#N)C#N)cc3-c3sc4c5c(sc4c32)-c2cc(/C=C3\C(=O)c4cc(Cl)c(Cl)cc4C3=C(C#N)C#N)sc2C5(c2ccc(OCCCCCCCC)cc2)c2ccc(OCCCCCCCC)cc2)cc1. The number of rotatable bonds is 38. The number of ether oxygens (including phenoxy) is 4. The van der Waals surface area contributed by atoms with Crippen LogP contribution < -0.4 is 18.9 Å². The first-order valence-electron chi connectivity index (χ1n) is 41.1. The predicted octanol–water partition coefficient (Wildman–Crippen LogP) is 29.5. The van der Waals surface area contributed by atoms with Crippen molar-refractivity contribution in [3.8, 4) is 68.2 Å². The van der Waals surface area contributed by atoms with Crippen molar-refractivity contribution >= 4 is 136 Å². The van der Waals surface area contributed by atoms with Crippen molar-refractivity contribution in [1.29, 1.82) is 21.0 Å². The van der Waals surface area contributed by atoms with Gasteiger partial charge in [0.1, 0.15) is 58.4 Å². The van der Waals surface area contributed by atoms with Gasteiger partial charge in [0.2, 0.25) is 0 Å². The maximum atomic E-state index is 15.1. The first kappa shape index (κ1) is 83.5. The summed E-state index contributed by atoms with van der Waals surface area (Å²) in [6, 6.07) is 53.4. The number of hydrogen-bond donors (Lipinski definition) is 0. The lowest BCUT2D eigenvalue weighted by Gasteiger charge is -2.33. The van der Waals surface area contributed by atoms with Crippen LogP contribution in [0.1, 0.15) is 267 Å². The van der Waals surface area contributed by atoms with Crippen LogP contribution >= 0.6 is 91.8 Å². The standard InChI is InChI=1S/C98H92Cl4N4O6S4/c1-5-9-13-17-21-25-45-109-67-37-29-63(30-38-67)97(64-31-39-68(40-32-64)110-46-26-22-18-14-10-6-2)87-91(79-51-71(113-95(79)97)49-77-85(61(57-103)58-104)73-53-81(99)83(101)55-75(73)89(77)107)115-94-88-92(116-93(87)94)80-52-72(50-78-86(62(59-105)60-106)74-54-82(100)84(102)56-76(74)90(78)108)114-96(80)98(88,65-33-41-69(42-34-65)111-47-27-23-19-15-11-7-3)66-35-43-70(44-36-66)112-48-28-24-20-16-12-8-4/h29-44,49-56H,5-28,45-48H2,1-4H3/b77-49-,78-50-. The minimum Gasteiger partial charge on any atom is -0.494 e. The highest BCUT2D eigenvalue weighted by Crippen LogP contribution is 2.71. The van der Waals surface area contributed by atoms with E-state index < -0.39 is 10.8 Å². The van der Waals surface area contributed by atoms with Gasteiger partial charge in [-0.2, -0.15) is 21.0 Å². The van der Waals surface area contributed by atoms with E-state index in [0.29, 0.717) is 37.6 Å². The van der Waals surface area contributed by atoms with Crippen LogP contribution in [0.25, 0.3) is 53.6 Å². The van der Waals surface area contributed by atoms with Crippen LogP contribution in [0, 0.1) is 45.3 Å². The second-order valence-electron chi connectivity index (χ2n) is 30.5. The van der Waals surface area contributed by atoms with E-state index in [1.165, 1.54) is 89.2 Å². The molecule has 0 aliphatic heterocycles. The van der Waals surface area contributed by atoms with Crippen LogP contribution in [0.15, 0.2) is 156 Å². The number of nitrogens with zero attached hydrogens (tertiary/aromatic N) is 4. The number of ketones is 2. The predicted molar refractivity (Wildman–Crippen MR) is 479 cm³/mol. The number of hydrogen-bond acceptors (Lipinski definition) is 14. The maximum absolute atomic E-state index is 15.1. The Morgan fingerprint density at radius 2 is 0.603 bits per heavy atom. The Kier molecular flexibility index (Phi) is 27.5. The first-order valence-corrected chi connectivity index (χ1v) is 45.9. The number of nitriles is 4. The second-order valence-corrected chi connectivity index (χ2v) is 36.3. The largest absolute Gasteiger partial charge is 0.494 e. The third-order valence-electron chi connectivity index (χ3n) is 22.9. The van der Waals surface area contributed by atoms with E-state index in [1.807, 2.05) is 12.2 Å². The van der Waals surface area contributed by atoms with Crippen molar-refractivity contribution in [3.05, 3.63) is 251 Å². The molecule has 0 atom stereocenters. The molecule has 0 spiro atoms. The van der Waals surface area contributed by atoms with Gasteiger partial charge in [-0.3, -0.25) is 9.59 Å². The summed E-state index contributed by atoms with van der Waals surface area (Å²) in [5.41, 5.74) is 7.53. The summed E-state index contributed by atoms with van der Waals surface area (Å²) in [6.45, 7) is 11.3. The molecule has 116 heavy (non-hydrogen) atoms. The minimum atomic E-state index is -1.06. The summed E-state index contributed by atoms with van der Waals surface area (Å²) in [6.07, 6.45) is 30.8. The van der Waals surface area contributed by atoms with Gasteiger partial charge in [-0.15, -0.1) is 45.3 Å². The Labute approximate surface area is 717 Å². The Hall–Kier alpha value is -9.00. The van der Waals surface area contributed by atoms with E-state index in [1.54, 1.807) is 57.5 Å². The first-order chi connectivity index (χ1) is 56.7. The number of allylic oxidation sites excluding steroid dienone is 6. The molecule has 18 heteroatoms. The number of fused-ring (bicyclic) bond motifs is 11. The highest BCUT2D eigenvalue weighted by atomic mass is 35.5. The van der Waals surface area contributed by atoms with Crippen molar-refractivity contribution in [1.82, 2.24) is 0 Å². The van der Waals surface area contributed by atoms with Crippen molar-refractivity contribution in [3.63, 3.8) is 0 Å². The molecule has 14 rings (SSSR count). The topological polar surface area (TPSA) is 166 Å². The van der Waals surface area contributed by atoms with Gasteiger partial charge < -0.3 is 18.9 Å². The molecule has 4 aromatic heterocycles. The van der Waals surface area contributed by atoms with Crippen LogP contribution in [-0.2, 0) is 10.8 Å². The highest BCUT2D eigenvalue weighted by molar-refractivity contribution is 7.32. The molecule has 0 fully saturated rings. The van der Waals surface area contributed by atoms with Gasteiger partial charge in [0, 0.05) is 84.9 Å². The van der Waals surface area contributed by atoms with Gasteiger partial charge in [0.05, 0.1) is 66.7 Å². The molecule has 0 N–H and O–H groups in total. The molecule has 0 radical (unpaired) electrons. The summed E-state index contributed by atoms with van der Waals surface area (Å²) in [4.78, 5) is 35.7. The summed E-state index contributed by atoms with van der Waals surface area (Å²) < 4.78 is 28.6. The van der Waals surface area contributed by atoms with Crippen molar-refractivity contribution < 1.29 is 28.5 Å². The molecule has 10 nitrogen and oxygen atoms in total. The van der Waals surface area contributed by atoms with Gasteiger partial charge in [0.25, 0.3) is 0 Å². The average Bonchev–Trinajstić information content (AvgIpc) is 1.48. The fraction of sp³-hybridized carbons (Fsp3) is 0.347. The normalized spacial score (nSPS) is 14.4. The van der Waals surface area contributed by atoms with Crippen LogP contribution in [-0.4, -0.2) is 38.0 Å². The molecule has 4 aliphatic rings. The fourth-order valence-corrected chi connectivity index (χ4v) is 23.7. The maximum Gasteiger partial charge on any atom is 0.194 e. The van der Waals surface area contributed by atoms with Gasteiger partial charge in [0.15, 0.2) is 11.6 Å². The summed E-state index contributed by atoms with van der Waals surface area (Å²) in [5, 5.41) is 43.3. The van der Waals surface area contributed by atoms with E-state index in [9.17, 15) is 21.0 Å². The lowest BCUT2D eigenvalue weighted by molar-refractivity contribution is 0.103. The number of benzene rings is 6. The molecule has 0 amide bonds. The zero-order chi connectivity index (χ0) is 81.0. The van der Waals surface area contributed by atoms with E-state index >= 15 is 9.59 Å². The molecule has 4 heterocycles. The summed E-state index contributed by atoms with van der Waals surface area (Å²) in [5.74, 6) is 2.28. The fourth-order valence-electron chi connectivity index (χ4n) is 17.1. The van der Waals surface area contributed by atoms with E-state index in [4.69, 9.17) is 65.4 Å². The molecule has 6 aromatic carbocycles. The molecule has 10 aromatic rings. The zero-order valence-corrected chi connectivity index (χ0v) is 72.3. The number of thiophene rings is 4. The lowest BCUT2D eigenvalue weighted by Crippen LogP contribution is -2.28. The van der Waals surface area contributed by atoms with Crippen LogP contribution in [0.4, 0.5) is 0 Å². The van der Waals surface area contributed by atoms with E-state index in [-0.39, 0.29) is 76.2 Å². The Bertz CT molecular complexity index is 5150. The number of unbranched alkanes of at least 4 members (excludes halogenated alkanes) is 20. The molecule has 0 unspecified atom stereocenters.